The van der Waals surface area contributed by atoms with Crippen LogP contribution >= 0.6 is 11.3 Å². The van der Waals surface area contributed by atoms with E-state index in [1.807, 2.05) is 0 Å². The molecular weight excluding hydrogens is 302 g/mol. The Kier molecular flexibility index (Phi) is 3.82. The number of hydrogen-bond acceptors (Lipinski definition) is 1. The van der Waals surface area contributed by atoms with Crippen LogP contribution in [0.4, 0.5) is 26.3 Å². The minimum absolute atomic E-state index is 0.200. The van der Waals surface area contributed by atoms with E-state index in [0.717, 1.165) is 18.2 Å². The molecule has 0 unspecified atom stereocenters. The first-order valence-electron chi connectivity index (χ1n) is 5.34. The highest BCUT2D eigenvalue weighted by atomic mass is 32.1. The van der Waals surface area contributed by atoms with Gasteiger partial charge in [0, 0.05) is 6.42 Å². The zero-order valence-electron chi connectivity index (χ0n) is 9.72. The van der Waals surface area contributed by atoms with Crippen LogP contribution in [0.1, 0.15) is 21.6 Å². The average Bonchev–Trinajstić information content (AvgIpc) is 2.76. The van der Waals surface area contributed by atoms with Gasteiger partial charge in [-0.25, -0.2) is 0 Å². The third kappa shape index (κ3) is 3.53. The van der Waals surface area contributed by atoms with Gasteiger partial charge in [-0.2, -0.15) is 26.3 Å². The first-order valence-corrected chi connectivity index (χ1v) is 6.22. The van der Waals surface area contributed by atoms with Crippen LogP contribution in [0.15, 0.2) is 35.7 Å². The molecule has 1 aromatic heterocycles. The van der Waals surface area contributed by atoms with Crippen LogP contribution in [-0.4, -0.2) is 0 Å². The molecule has 0 amide bonds. The number of alkyl halides is 6. The summed E-state index contributed by atoms with van der Waals surface area (Å²) in [6, 6.07) is 5.33. The van der Waals surface area contributed by atoms with E-state index in [1.54, 1.807) is 0 Å². The molecule has 0 aliphatic rings. The van der Waals surface area contributed by atoms with Crippen LogP contribution < -0.4 is 0 Å². The molecule has 7 heteroatoms. The van der Waals surface area contributed by atoms with Crippen LogP contribution in [0, 0.1) is 6.42 Å². The van der Waals surface area contributed by atoms with E-state index in [4.69, 9.17) is 0 Å². The SMILES string of the molecule is FC(F)(F)c1cccc([CH]c2csc(C(F)(F)F)c2)c1. The van der Waals surface area contributed by atoms with Crippen LogP contribution in [0.5, 0.6) is 0 Å². The number of halogens is 6. The van der Waals surface area contributed by atoms with E-state index in [-0.39, 0.29) is 11.1 Å². The van der Waals surface area contributed by atoms with Gasteiger partial charge in [0.25, 0.3) is 0 Å². The van der Waals surface area contributed by atoms with Crippen molar-refractivity contribution in [2.45, 2.75) is 12.4 Å². The van der Waals surface area contributed by atoms with E-state index in [1.165, 1.54) is 23.9 Å². The van der Waals surface area contributed by atoms with Gasteiger partial charge in [-0.1, -0.05) is 18.2 Å². The monoisotopic (exact) mass is 309 g/mol. The molecule has 1 aromatic carbocycles. The minimum atomic E-state index is -4.48. The largest absolute Gasteiger partial charge is 0.425 e. The quantitative estimate of drug-likeness (QED) is 0.653. The van der Waals surface area contributed by atoms with Crippen LogP contribution in [-0.2, 0) is 12.4 Å². The Labute approximate surface area is 114 Å². The number of benzene rings is 1. The fourth-order valence-corrected chi connectivity index (χ4v) is 2.31. The topological polar surface area (TPSA) is 0 Å². The Balaban J connectivity index is 2.20. The van der Waals surface area contributed by atoms with Crippen LogP contribution in [0.3, 0.4) is 0 Å². The molecule has 0 nitrogen and oxygen atoms in total. The molecule has 0 saturated carbocycles. The normalized spacial score (nSPS) is 12.7. The van der Waals surface area contributed by atoms with Gasteiger partial charge in [0.05, 0.1) is 5.56 Å². The maximum atomic E-state index is 12.5. The summed E-state index contributed by atoms with van der Waals surface area (Å²) in [4.78, 5) is -0.782. The lowest BCUT2D eigenvalue weighted by Crippen LogP contribution is -2.05. The fourth-order valence-electron chi connectivity index (χ4n) is 1.57. The maximum Gasteiger partial charge on any atom is 0.425 e. The van der Waals surface area contributed by atoms with Crippen molar-refractivity contribution < 1.29 is 26.3 Å². The van der Waals surface area contributed by atoms with Crippen molar-refractivity contribution in [1.29, 1.82) is 0 Å². The second kappa shape index (κ2) is 5.12. The molecule has 0 bridgehead atoms. The Morgan fingerprint density at radius 3 is 2.10 bits per heavy atom. The summed E-state index contributed by atoms with van der Waals surface area (Å²) < 4.78 is 74.7. The van der Waals surface area contributed by atoms with E-state index in [0.29, 0.717) is 11.3 Å². The zero-order chi connectivity index (χ0) is 15.0. The van der Waals surface area contributed by atoms with E-state index in [2.05, 4.69) is 0 Å². The molecule has 0 fully saturated rings. The van der Waals surface area contributed by atoms with Crippen molar-refractivity contribution in [2.24, 2.45) is 0 Å². The van der Waals surface area contributed by atoms with E-state index in [9.17, 15) is 26.3 Å². The minimum Gasteiger partial charge on any atom is -0.166 e. The molecule has 20 heavy (non-hydrogen) atoms. The highest BCUT2D eigenvalue weighted by Crippen LogP contribution is 2.35. The van der Waals surface area contributed by atoms with E-state index >= 15 is 0 Å². The molecule has 2 rings (SSSR count). The lowest BCUT2D eigenvalue weighted by atomic mass is 10.0. The molecule has 1 radical (unpaired) electrons. The lowest BCUT2D eigenvalue weighted by Gasteiger charge is -2.08. The molecule has 0 N–H and O–H groups in total. The van der Waals surface area contributed by atoms with Crippen molar-refractivity contribution in [3.05, 3.63) is 63.7 Å². The second-order valence-corrected chi connectivity index (χ2v) is 4.92. The predicted octanol–water partition coefficient (Wildman–Crippen LogP) is 5.39. The number of rotatable bonds is 2. The van der Waals surface area contributed by atoms with Gasteiger partial charge < -0.3 is 0 Å². The summed E-state index contributed by atoms with van der Waals surface area (Å²) in [5.41, 5.74) is -0.412. The van der Waals surface area contributed by atoms with Gasteiger partial charge in [0.2, 0.25) is 0 Å². The molecule has 0 saturated heterocycles. The Morgan fingerprint density at radius 1 is 0.850 bits per heavy atom. The van der Waals surface area contributed by atoms with Gasteiger partial charge in [-0.05, 0) is 28.6 Å². The highest BCUT2D eigenvalue weighted by Gasteiger charge is 2.33. The molecule has 107 valence electrons. The second-order valence-electron chi connectivity index (χ2n) is 4.01. The fraction of sp³-hybridized carbons (Fsp3) is 0.154. The predicted molar refractivity (Wildman–Crippen MR) is 63.3 cm³/mol. The summed E-state index contributed by atoms with van der Waals surface area (Å²) in [6.07, 6.45) is -7.64. The third-order valence-electron chi connectivity index (χ3n) is 2.45. The summed E-state index contributed by atoms with van der Waals surface area (Å²) in [5, 5.41) is 1.25. The number of hydrogen-bond donors (Lipinski definition) is 0. The first-order chi connectivity index (χ1) is 9.16. The van der Waals surface area contributed by atoms with Crippen molar-refractivity contribution in [3.63, 3.8) is 0 Å². The molecule has 0 aliphatic carbocycles. The van der Waals surface area contributed by atoms with Crippen LogP contribution in [0.25, 0.3) is 0 Å². The standard InChI is InChI=1S/C13H7F6S/c14-12(15,16)10-3-1-2-8(5-10)4-9-6-11(20-7-9)13(17,18)19/h1-7H. The molecule has 1 heterocycles. The van der Waals surface area contributed by atoms with Crippen molar-refractivity contribution in [1.82, 2.24) is 0 Å². The van der Waals surface area contributed by atoms with Crippen molar-refractivity contribution in [2.75, 3.05) is 0 Å². The number of thiophene rings is 1. The molecule has 0 spiro atoms. The molecule has 0 atom stereocenters. The summed E-state index contributed by atoms with van der Waals surface area (Å²) in [5.74, 6) is 0. The van der Waals surface area contributed by atoms with E-state index < -0.39 is 22.8 Å². The zero-order valence-corrected chi connectivity index (χ0v) is 10.5. The third-order valence-corrected chi connectivity index (χ3v) is 3.44. The summed E-state index contributed by atoms with van der Waals surface area (Å²) >= 11 is 0.507. The van der Waals surface area contributed by atoms with Gasteiger partial charge in [-0.15, -0.1) is 11.3 Å². The first kappa shape index (κ1) is 14.9. The van der Waals surface area contributed by atoms with Crippen LogP contribution in [0.2, 0.25) is 0 Å². The van der Waals surface area contributed by atoms with Crippen molar-refractivity contribution in [3.8, 4) is 0 Å². The van der Waals surface area contributed by atoms with Gasteiger partial charge in [0.15, 0.2) is 0 Å². The Hall–Kier alpha value is -1.50. The molecular formula is C13H7F6S. The Morgan fingerprint density at radius 2 is 1.55 bits per heavy atom. The van der Waals surface area contributed by atoms with Gasteiger partial charge >= 0.3 is 12.4 Å². The molecule has 0 aliphatic heterocycles. The van der Waals surface area contributed by atoms with Gasteiger partial charge in [0.1, 0.15) is 4.88 Å². The van der Waals surface area contributed by atoms with Gasteiger partial charge in [-0.3, -0.25) is 0 Å². The maximum absolute atomic E-state index is 12.5. The average molecular weight is 309 g/mol. The molecule has 2 aromatic rings. The smallest absolute Gasteiger partial charge is 0.166 e. The highest BCUT2D eigenvalue weighted by molar-refractivity contribution is 7.10. The summed E-state index contributed by atoms with van der Waals surface area (Å²) in [7, 11) is 0. The van der Waals surface area contributed by atoms with Crippen molar-refractivity contribution >= 4 is 11.3 Å². The lowest BCUT2D eigenvalue weighted by molar-refractivity contribution is -0.137. The Bertz CT molecular complexity index is 593. The summed E-state index contributed by atoms with van der Waals surface area (Å²) in [6.45, 7) is 0.